The molecule has 2 atom stereocenters. The molecule has 1 aliphatic rings. The summed E-state index contributed by atoms with van der Waals surface area (Å²) in [5.74, 6) is -0.422. The summed E-state index contributed by atoms with van der Waals surface area (Å²) in [6.45, 7) is 5.42. The number of aromatic nitrogens is 1. The molecule has 1 unspecified atom stereocenters. The number of rotatable bonds is 2. The maximum absolute atomic E-state index is 12.8. The summed E-state index contributed by atoms with van der Waals surface area (Å²) in [5.41, 5.74) is 0.256. The molecule has 1 aliphatic heterocycles. The quantitative estimate of drug-likeness (QED) is 0.758. The second kappa shape index (κ2) is 6.63. The zero-order valence-electron chi connectivity index (χ0n) is 14.8. The van der Waals surface area contributed by atoms with Gasteiger partial charge in [0.25, 0.3) is 0 Å². The molecule has 0 bridgehead atoms. The lowest BCUT2D eigenvalue weighted by molar-refractivity contribution is -0.146. The van der Waals surface area contributed by atoms with Crippen LogP contribution in [0.4, 0.5) is 4.79 Å². The van der Waals surface area contributed by atoms with Crippen molar-refractivity contribution >= 4 is 33.6 Å². The van der Waals surface area contributed by atoms with Gasteiger partial charge in [0.15, 0.2) is 0 Å². The molecule has 1 fully saturated rings. The van der Waals surface area contributed by atoms with E-state index in [9.17, 15) is 9.59 Å². The van der Waals surface area contributed by atoms with E-state index in [0.717, 1.165) is 15.2 Å². The van der Waals surface area contributed by atoms with Gasteiger partial charge in [-0.15, -0.1) is 11.3 Å². The van der Waals surface area contributed by atoms with Gasteiger partial charge < -0.3 is 9.47 Å². The summed E-state index contributed by atoms with van der Waals surface area (Å²) in [6, 6.07) is 6.92. The fourth-order valence-corrected chi connectivity index (χ4v) is 4.12. The van der Waals surface area contributed by atoms with Gasteiger partial charge in [0.2, 0.25) is 0 Å². The number of ether oxygens (including phenoxy) is 2. The Morgan fingerprint density at radius 1 is 1.24 bits per heavy atom. The first-order valence-corrected chi connectivity index (χ1v) is 9.06. The Kier molecular flexibility index (Phi) is 4.69. The molecule has 25 heavy (non-hydrogen) atoms. The molecule has 2 aromatic rings. The van der Waals surface area contributed by atoms with Crippen LogP contribution in [0.25, 0.3) is 10.2 Å². The standard InChI is InChI=1S/C18H22N2O4S/c1-18(2,3)24-17(22)20-12(9-10-13(20)16(21)23-4)15-19-11-7-5-6-8-14(11)25-15/h5-8,12-13H,9-10H2,1-4H3/t12?,13-/m1/s1. The Hall–Kier alpha value is -2.15. The zero-order valence-corrected chi connectivity index (χ0v) is 15.6. The number of carbonyl (C=O) groups is 2. The topological polar surface area (TPSA) is 68.7 Å². The minimum absolute atomic E-state index is 0.281. The average molecular weight is 362 g/mol. The van der Waals surface area contributed by atoms with Crippen LogP contribution in [0.5, 0.6) is 0 Å². The molecule has 7 heteroatoms. The number of esters is 1. The van der Waals surface area contributed by atoms with Crippen molar-refractivity contribution in [2.75, 3.05) is 7.11 Å². The first kappa shape index (κ1) is 17.7. The van der Waals surface area contributed by atoms with Crippen molar-refractivity contribution in [3.8, 4) is 0 Å². The molecule has 0 saturated carbocycles. The molecule has 1 aromatic heterocycles. The molecule has 1 aromatic carbocycles. The summed E-state index contributed by atoms with van der Waals surface area (Å²) in [6.07, 6.45) is 0.676. The highest BCUT2D eigenvalue weighted by Gasteiger charge is 2.45. The van der Waals surface area contributed by atoms with Crippen LogP contribution in [0.15, 0.2) is 24.3 Å². The van der Waals surface area contributed by atoms with Crippen molar-refractivity contribution in [2.45, 2.75) is 51.3 Å². The molecule has 1 saturated heterocycles. The number of methoxy groups -OCH3 is 1. The van der Waals surface area contributed by atoms with Gasteiger partial charge in [0.1, 0.15) is 16.7 Å². The fourth-order valence-electron chi connectivity index (χ4n) is 3.02. The summed E-state index contributed by atoms with van der Waals surface area (Å²) < 4.78 is 11.5. The Balaban J connectivity index is 1.95. The predicted molar refractivity (Wildman–Crippen MR) is 95.5 cm³/mol. The highest BCUT2D eigenvalue weighted by atomic mass is 32.1. The van der Waals surface area contributed by atoms with E-state index in [1.165, 1.54) is 12.0 Å². The van der Waals surface area contributed by atoms with Crippen LogP contribution in [-0.4, -0.2) is 40.7 Å². The first-order chi connectivity index (χ1) is 11.8. The van der Waals surface area contributed by atoms with Gasteiger partial charge >= 0.3 is 12.1 Å². The molecule has 1 amide bonds. The van der Waals surface area contributed by atoms with Gasteiger partial charge in [-0.05, 0) is 45.7 Å². The number of benzene rings is 1. The summed E-state index contributed by atoms with van der Waals surface area (Å²) in [4.78, 5) is 31.1. The number of carbonyl (C=O) groups excluding carboxylic acids is 2. The molecular weight excluding hydrogens is 340 g/mol. The average Bonchev–Trinajstić information content (AvgIpc) is 3.15. The van der Waals surface area contributed by atoms with Gasteiger partial charge in [-0.1, -0.05) is 12.1 Å². The number of likely N-dealkylation sites (tertiary alicyclic amines) is 1. The summed E-state index contributed by atoms with van der Waals surface area (Å²) >= 11 is 1.54. The van der Waals surface area contributed by atoms with E-state index in [-0.39, 0.29) is 6.04 Å². The molecule has 0 aliphatic carbocycles. The number of hydrogen-bond acceptors (Lipinski definition) is 6. The van der Waals surface area contributed by atoms with E-state index < -0.39 is 23.7 Å². The monoisotopic (exact) mass is 362 g/mol. The normalized spacial score (nSPS) is 20.7. The van der Waals surface area contributed by atoms with Gasteiger partial charge in [-0.3, -0.25) is 4.90 Å². The Morgan fingerprint density at radius 2 is 1.96 bits per heavy atom. The largest absolute Gasteiger partial charge is 0.467 e. The van der Waals surface area contributed by atoms with Crippen molar-refractivity contribution in [3.63, 3.8) is 0 Å². The van der Waals surface area contributed by atoms with Crippen LogP contribution in [-0.2, 0) is 14.3 Å². The third kappa shape index (κ3) is 3.61. The third-order valence-electron chi connectivity index (χ3n) is 4.06. The zero-order chi connectivity index (χ0) is 18.2. The minimum atomic E-state index is -0.642. The number of amides is 1. The SMILES string of the molecule is COC(=O)[C@H]1CCC(c2nc3ccccc3s2)N1C(=O)OC(C)(C)C. The molecule has 0 radical (unpaired) electrons. The van der Waals surface area contributed by atoms with E-state index >= 15 is 0 Å². The highest BCUT2D eigenvalue weighted by molar-refractivity contribution is 7.18. The third-order valence-corrected chi connectivity index (χ3v) is 5.20. The van der Waals surface area contributed by atoms with Crippen molar-refractivity contribution in [1.29, 1.82) is 0 Å². The fraction of sp³-hybridized carbons (Fsp3) is 0.500. The molecule has 6 nitrogen and oxygen atoms in total. The van der Waals surface area contributed by atoms with Gasteiger partial charge in [0.05, 0.1) is 23.4 Å². The molecule has 0 spiro atoms. The maximum Gasteiger partial charge on any atom is 0.411 e. The van der Waals surface area contributed by atoms with E-state index in [0.29, 0.717) is 12.8 Å². The van der Waals surface area contributed by atoms with Crippen molar-refractivity contribution < 1.29 is 19.1 Å². The highest BCUT2D eigenvalue weighted by Crippen LogP contribution is 2.40. The summed E-state index contributed by atoms with van der Waals surface area (Å²) in [5, 5.41) is 0.818. The number of hydrogen-bond donors (Lipinski definition) is 0. The Bertz CT molecular complexity index is 763. The molecular formula is C18H22N2O4S. The lowest BCUT2D eigenvalue weighted by Gasteiger charge is -2.30. The van der Waals surface area contributed by atoms with Crippen LogP contribution in [0.1, 0.15) is 44.7 Å². The van der Waals surface area contributed by atoms with Crippen LogP contribution >= 0.6 is 11.3 Å². The van der Waals surface area contributed by atoms with Crippen LogP contribution in [0, 0.1) is 0 Å². The smallest absolute Gasteiger partial charge is 0.411 e. The lowest BCUT2D eigenvalue weighted by Crippen LogP contribution is -2.44. The van der Waals surface area contributed by atoms with Crippen LogP contribution in [0.3, 0.4) is 0 Å². The molecule has 0 N–H and O–H groups in total. The summed E-state index contributed by atoms with van der Waals surface area (Å²) in [7, 11) is 1.33. The number of fused-ring (bicyclic) bond motifs is 1. The van der Waals surface area contributed by atoms with Gasteiger partial charge in [-0.25, -0.2) is 14.6 Å². The minimum Gasteiger partial charge on any atom is -0.467 e. The number of nitrogens with zero attached hydrogens (tertiary/aromatic N) is 2. The first-order valence-electron chi connectivity index (χ1n) is 8.25. The number of thiazole rings is 1. The van der Waals surface area contributed by atoms with Crippen molar-refractivity contribution in [3.05, 3.63) is 29.3 Å². The maximum atomic E-state index is 12.8. The number of para-hydroxylation sites is 1. The van der Waals surface area contributed by atoms with E-state index in [1.54, 1.807) is 32.1 Å². The van der Waals surface area contributed by atoms with Crippen molar-refractivity contribution in [1.82, 2.24) is 9.88 Å². The van der Waals surface area contributed by atoms with Crippen LogP contribution < -0.4 is 0 Å². The Labute approximate surface area is 150 Å². The molecule has 2 heterocycles. The lowest BCUT2D eigenvalue weighted by atomic mass is 10.2. The van der Waals surface area contributed by atoms with Gasteiger partial charge in [0, 0.05) is 0 Å². The molecule has 3 rings (SSSR count). The van der Waals surface area contributed by atoms with Crippen LogP contribution in [0.2, 0.25) is 0 Å². The van der Waals surface area contributed by atoms with E-state index in [1.807, 2.05) is 24.3 Å². The predicted octanol–water partition coefficient (Wildman–Crippen LogP) is 3.91. The molecule has 134 valence electrons. The van der Waals surface area contributed by atoms with E-state index in [4.69, 9.17) is 9.47 Å². The second-order valence-electron chi connectivity index (χ2n) is 7.04. The second-order valence-corrected chi connectivity index (χ2v) is 8.10. The van der Waals surface area contributed by atoms with E-state index in [2.05, 4.69) is 4.98 Å². The van der Waals surface area contributed by atoms with Gasteiger partial charge in [-0.2, -0.15) is 0 Å². The van der Waals surface area contributed by atoms with Crippen molar-refractivity contribution in [2.24, 2.45) is 0 Å². The Morgan fingerprint density at radius 3 is 2.60 bits per heavy atom.